The summed E-state index contributed by atoms with van der Waals surface area (Å²) in [7, 11) is 0. The van der Waals surface area contributed by atoms with Crippen LogP contribution in [0, 0.1) is 4.77 Å². The Labute approximate surface area is 136 Å². The monoisotopic (exact) mass is 330 g/mol. The third-order valence-corrected chi connectivity index (χ3v) is 3.76. The Balaban J connectivity index is 1.83. The minimum Gasteiger partial charge on any atom is -0.494 e. The van der Waals surface area contributed by atoms with Crippen LogP contribution >= 0.6 is 12.2 Å². The molecule has 3 rings (SSSR count). The van der Waals surface area contributed by atoms with E-state index in [1.807, 2.05) is 0 Å². The smallest absolute Gasteiger partial charge is 0.271 e. The number of hydrogen-bond donors (Lipinski definition) is 3. The van der Waals surface area contributed by atoms with Crippen LogP contribution in [0.3, 0.4) is 0 Å². The number of amides is 1. The van der Waals surface area contributed by atoms with Crippen LogP contribution in [-0.4, -0.2) is 26.8 Å². The van der Waals surface area contributed by atoms with Crippen molar-refractivity contribution < 1.29 is 9.90 Å². The third-order valence-electron chi connectivity index (χ3n) is 3.46. The fourth-order valence-corrected chi connectivity index (χ4v) is 2.48. The van der Waals surface area contributed by atoms with E-state index in [2.05, 4.69) is 15.5 Å². The van der Waals surface area contributed by atoms with Gasteiger partial charge in [-0.2, -0.15) is 5.10 Å². The van der Waals surface area contributed by atoms with Crippen molar-refractivity contribution in [3.8, 4) is 5.88 Å². The SMILES string of the molecule is O=C(N/N=C\c1c(O)n(C2CC2)c(=S)[nH]c1=O)c1ccccc1. The first-order valence-corrected chi connectivity index (χ1v) is 7.45. The van der Waals surface area contributed by atoms with Crippen LogP contribution in [0.4, 0.5) is 0 Å². The molecule has 8 heteroatoms. The average Bonchev–Trinajstić information content (AvgIpc) is 3.35. The van der Waals surface area contributed by atoms with E-state index in [0.29, 0.717) is 5.56 Å². The molecule has 0 saturated heterocycles. The maximum absolute atomic E-state index is 11.9. The minimum atomic E-state index is -0.554. The first kappa shape index (κ1) is 15.2. The topological polar surface area (TPSA) is 99.5 Å². The molecule has 1 amide bonds. The molecule has 1 aromatic carbocycles. The highest BCUT2D eigenvalue weighted by Gasteiger charge is 2.27. The van der Waals surface area contributed by atoms with E-state index in [9.17, 15) is 14.7 Å². The Morgan fingerprint density at radius 3 is 2.74 bits per heavy atom. The minimum absolute atomic E-state index is 0.0427. The number of nitrogens with zero attached hydrogens (tertiary/aromatic N) is 2. The number of aromatic amines is 1. The highest BCUT2D eigenvalue weighted by atomic mass is 32.1. The molecule has 1 aliphatic carbocycles. The van der Waals surface area contributed by atoms with Crippen molar-refractivity contribution in [2.45, 2.75) is 18.9 Å². The maximum atomic E-state index is 11.9. The first-order valence-electron chi connectivity index (χ1n) is 7.04. The predicted molar refractivity (Wildman–Crippen MR) is 87.3 cm³/mol. The highest BCUT2D eigenvalue weighted by molar-refractivity contribution is 7.71. The number of carbonyl (C=O) groups is 1. The van der Waals surface area contributed by atoms with E-state index >= 15 is 0 Å². The van der Waals surface area contributed by atoms with E-state index in [1.54, 1.807) is 30.3 Å². The summed E-state index contributed by atoms with van der Waals surface area (Å²) in [5.41, 5.74) is 2.16. The number of carbonyl (C=O) groups excluding carboxylic acids is 1. The van der Waals surface area contributed by atoms with Gasteiger partial charge in [0.05, 0.1) is 6.21 Å². The number of nitrogens with one attached hydrogen (secondary N) is 2. The van der Waals surface area contributed by atoms with Gasteiger partial charge in [0.15, 0.2) is 4.77 Å². The van der Waals surface area contributed by atoms with Crippen LogP contribution in [0.25, 0.3) is 0 Å². The number of H-pyrrole nitrogens is 1. The van der Waals surface area contributed by atoms with Crippen LogP contribution in [0.15, 0.2) is 40.2 Å². The molecule has 1 fully saturated rings. The summed E-state index contributed by atoms with van der Waals surface area (Å²) < 4.78 is 1.68. The summed E-state index contributed by atoms with van der Waals surface area (Å²) in [5, 5.41) is 14.0. The second kappa shape index (κ2) is 6.17. The van der Waals surface area contributed by atoms with Gasteiger partial charge in [-0.3, -0.25) is 19.1 Å². The lowest BCUT2D eigenvalue weighted by Gasteiger charge is -2.09. The molecule has 0 radical (unpaired) electrons. The molecule has 0 atom stereocenters. The molecule has 23 heavy (non-hydrogen) atoms. The summed E-state index contributed by atoms with van der Waals surface area (Å²) in [6, 6.07) is 8.64. The fraction of sp³-hybridized carbons (Fsp3) is 0.200. The third kappa shape index (κ3) is 3.21. The molecular formula is C15H14N4O3S. The van der Waals surface area contributed by atoms with Crippen molar-refractivity contribution in [3.63, 3.8) is 0 Å². The predicted octanol–water partition coefficient (Wildman–Crippen LogP) is 1.71. The van der Waals surface area contributed by atoms with Crippen molar-refractivity contribution in [1.82, 2.24) is 15.0 Å². The Morgan fingerprint density at radius 2 is 2.09 bits per heavy atom. The number of hydrazone groups is 1. The lowest BCUT2D eigenvalue weighted by molar-refractivity contribution is 0.0955. The van der Waals surface area contributed by atoms with Crippen LogP contribution in [-0.2, 0) is 0 Å². The quantitative estimate of drug-likeness (QED) is 0.451. The van der Waals surface area contributed by atoms with Crippen LogP contribution < -0.4 is 11.0 Å². The van der Waals surface area contributed by atoms with E-state index < -0.39 is 11.5 Å². The van der Waals surface area contributed by atoms with Gasteiger partial charge in [0.2, 0.25) is 5.88 Å². The van der Waals surface area contributed by atoms with Crippen molar-refractivity contribution in [3.05, 3.63) is 56.6 Å². The normalized spacial score (nSPS) is 14.1. The number of rotatable bonds is 4. The Bertz CT molecular complexity index is 882. The summed E-state index contributed by atoms with van der Waals surface area (Å²) in [5.74, 6) is -0.647. The standard InChI is InChI=1S/C15H14N4O3S/c20-12(9-4-2-1-3-5-9)18-16-8-11-13(21)17-15(23)19(14(11)22)10-6-7-10/h1-5,8,10,22H,6-7H2,(H,18,20)(H,17,21,23)/b16-8-. The fourth-order valence-electron chi connectivity index (χ4n) is 2.15. The number of benzene rings is 1. The zero-order valence-electron chi connectivity index (χ0n) is 12.0. The molecule has 1 heterocycles. The average molecular weight is 330 g/mol. The van der Waals surface area contributed by atoms with Gasteiger partial charge in [0.1, 0.15) is 5.56 Å². The van der Waals surface area contributed by atoms with Crippen molar-refractivity contribution >= 4 is 24.3 Å². The maximum Gasteiger partial charge on any atom is 0.271 e. The number of hydrogen-bond acceptors (Lipinski definition) is 5. The molecule has 1 aliphatic rings. The molecule has 0 bridgehead atoms. The molecule has 0 aliphatic heterocycles. The lowest BCUT2D eigenvalue weighted by Crippen LogP contribution is -2.21. The lowest BCUT2D eigenvalue weighted by atomic mass is 10.2. The molecule has 3 N–H and O–H groups in total. The summed E-state index contributed by atoms with van der Waals surface area (Å²) in [4.78, 5) is 26.2. The molecular weight excluding hydrogens is 316 g/mol. The molecule has 2 aromatic rings. The largest absolute Gasteiger partial charge is 0.494 e. The van der Waals surface area contributed by atoms with Crippen LogP contribution in [0.1, 0.15) is 34.8 Å². The van der Waals surface area contributed by atoms with Crippen LogP contribution in [0.2, 0.25) is 0 Å². The van der Waals surface area contributed by atoms with Gasteiger partial charge in [-0.25, -0.2) is 5.43 Å². The second-order valence-corrected chi connectivity index (χ2v) is 5.55. The first-order chi connectivity index (χ1) is 11.1. The summed E-state index contributed by atoms with van der Waals surface area (Å²) in [6.07, 6.45) is 2.91. The molecule has 1 saturated carbocycles. The summed E-state index contributed by atoms with van der Waals surface area (Å²) >= 11 is 5.05. The Kier molecular flexibility index (Phi) is 4.07. The van der Waals surface area contributed by atoms with Gasteiger partial charge in [0.25, 0.3) is 11.5 Å². The summed E-state index contributed by atoms with van der Waals surface area (Å²) in [6.45, 7) is 0. The van der Waals surface area contributed by atoms with Crippen molar-refractivity contribution in [1.29, 1.82) is 0 Å². The van der Waals surface area contributed by atoms with Gasteiger partial charge in [-0.05, 0) is 37.2 Å². The molecule has 0 unspecified atom stereocenters. The van der Waals surface area contributed by atoms with Crippen molar-refractivity contribution in [2.75, 3.05) is 0 Å². The highest BCUT2D eigenvalue weighted by Crippen LogP contribution is 2.37. The van der Waals surface area contributed by atoms with Gasteiger partial charge >= 0.3 is 0 Å². The van der Waals surface area contributed by atoms with E-state index in [4.69, 9.17) is 12.2 Å². The van der Waals surface area contributed by atoms with Gasteiger partial charge < -0.3 is 5.11 Å². The Hall–Kier alpha value is -2.74. The van der Waals surface area contributed by atoms with E-state index in [-0.39, 0.29) is 22.3 Å². The van der Waals surface area contributed by atoms with E-state index in [0.717, 1.165) is 19.1 Å². The van der Waals surface area contributed by atoms with Crippen LogP contribution in [0.5, 0.6) is 5.88 Å². The molecule has 7 nitrogen and oxygen atoms in total. The molecule has 118 valence electrons. The molecule has 1 aromatic heterocycles. The molecule has 0 spiro atoms. The number of aromatic hydroxyl groups is 1. The van der Waals surface area contributed by atoms with Gasteiger partial charge in [-0.1, -0.05) is 18.2 Å². The van der Waals surface area contributed by atoms with E-state index in [1.165, 1.54) is 4.57 Å². The van der Waals surface area contributed by atoms with Gasteiger partial charge in [-0.15, -0.1) is 0 Å². The zero-order valence-corrected chi connectivity index (χ0v) is 12.8. The second-order valence-electron chi connectivity index (χ2n) is 5.16. The van der Waals surface area contributed by atoms with Gasteiger partial charge in [0, 0.05) is 11.6 Å². The number of aromatic nitrogens is 2. The Morgan fingerprint density at radius 1 is 1.39 bits per heavy atom. The van der Waals surface area contributed by atoms with Crippen molar-refractivity contribution in [2.24, 2.45) is 5.10 Å². The zero-order chi connectivity index (χ0) is 16.4.